The monoisotopic (exact) mass is 465 g/mol. The van der Waals surface area contributed by atoms with Gasteiger partial charge in [-0.05, 0) is 61.2 Å². The predicted molar refractivity (Wildman–Crippen MR) is 115 cm³/mol. The average molecular weight is 465 g/mol. The number of amides is 1. The van der Waals surface area contributed by atoms with Gasteiger partial charge >= 0.3 is 11.9 Å². The number of carbonyl (C=O) groups is 2. The summed E-state index contributed by atoms with van der Waals surface area (Å²) in [6, 6.07) is 8.83. The lowest BCUT2D eigenvalue weighted by Gasteiger charge is -2.27. The van der Waals surface area contributed by atoms with E-state index in [9.17, 15) is 19.7 Å². The van der Waals surface area contributed by atoms with Gasteiger partial charge in [-0.25, -0.2) is 9.80 Å². The van der Waals surface area contributed by atoms with Crippen molar-refractivity contribution in [3.8, 4) is 0 Å². The highest BCUT2D eigenvalue weighted by Crippen LogP contribution is 2.44. The minimum atomic E-state index is -0.987. The minimum absolute atomic E-state index is 0.0894. The average Bonchev–Trinajstić information content (AvgIpc) is 3.62. The molecule has 174 valence electrons. The third-order valence-electron chi connectivity index (χ3n) is 5.75. The van der Waals surface area contributed by atoms with Crippen LogP contribution in [0.25, 0.3) is 6.08 Å². The molecule has 2 aliphatic rings. The van der Waals surface area contributed by atoms with E-state index >= 15 is 0 Å². The summed E-state index contributed by atoms with van der Waals surface area (Å²) in [6.07, 6.45) is 7.53. The molecule has 11 heteroatoms. The molecule has 2 atom stereocenters. The van der Waals surface area contributed by atoms with Crippen LogP contribution in [0.15, 0.2) is 72.9 Å². The van der Waals surface area contributed by atoms with Gasteiger partial charge in [0.25, 0.3) is 5.91 Å². The summed E-state index contributed by atoms with van der Waals surface area (Å²) in [5.41, 5.74) is 1.74. The molecule has 34 heavy (non-hydrogen) atoms. The van der Waals surface area contributed by atoms with Gasteiger partial charge in [0.2, 0.25) is 5.76 Å². The van der Waals surface area contributed by atoms with Crippen LogP contribution in [0, 0.1) is 16.0 Å². The quantitative estimate of drug-likeness (QED) is 0.297. The number of allylic oxidation sites excluding steroid dienone is 1. The summed E-state index contributed by atoms with van der Waals surface area (Å²) in [4.78, 5) is 35.3. The molecule has 5 rings (SSSR count). The lowest BCUT2D eigenvalue weighted by molar-refractivity contribution is -0.402. The molecule has 3 aromatic heterocycles. The van der Waals surface area contributed by atoms with Gasteiger partial charge in [0.15, 0.2) is 6.61 Å². The normalized spacial score (nSPS) is 20.8. The zero-order valence-corrected chi connectivity index (χ0v) is 17.8. The van der Waals surface area contributed by atoms with Crippen molar-refractivity contribution >= 4 is 29.5 Å². The minimum Gasteiger partial charge on any atom is -0.467 e. The lowest BCUT2D eigenvalue weighted by atomic mass is 9.79. The maximum absolute atomic E-state index is 13.1. The van der Waals surface area contributed by atoms with Crippen LogP contribution in [0.4, 0.5) is 5.88 Å². The van der Waals surface area contributed by atoms with Crippen LogP contribution >= 0.6 is 0 Å². The summed E-state index contributed by atoms with van der Waals surface area (Å²) in [7, 11) is 0. The van der Waals surface area contributed by atoms with Crippen molar-refractivity contribution in [3.05, 3.63) is 81.9 Å². The van der Waals surface area contributed by atoms with Crippen molar-refractivity contribution in [2.45, 2.75) is 25.3 Å². The number of nitrogens with zero attached hydrogens (tertiary/aromatic N) is 3. The fraction of sp³-hybridized carbons (Fsp3) is 0.261. The van der Waals surface area contributed by atoms with E-state index in [1.165, 1.54) is 11.3 Å². The molecule has 1 aliphatic heterocycles. The van der Waals surface area contributed by atoms with Crippen LogP contribution < -0.4 is 0 Å². The standard InChI is InChI=1S/C23H19N3O8/c27-19(13-33-23(28)18-8-9-20(34-18)26(29)30)25-22(17-7-3-11-32-17)16-6-1-4-14(21(16)24-25)12-15-5-2-10-31-15/h2-3,5,7-12,16,22H,1,4,6,13H2. The summed E-state index contributed by atoms with van der Waals surface area (Å²) >= 11 is 0. The van der Waals surface area contributed by atoms with Crippen LogP contribution in [-0.2, 0) is 9.53 Å². The van der Waals surface area contributed by atoms with E-state index < -0.39 is 35.3 Å². The zero-order valence-electron chi connectivity index (χ0n) is 17.8. The van der Waals surface area contributed by atoms with Gasteiger partial charge in [0.05, 0.1) is 24.3 Å². The molecule has 2 unspecified atom stereocenters. The number of carbonyl (C=O) groups excluding carboxylic acids is 2. The number of fused-ring (bicyclic) bond motifs is 1. The van der Waals surface area contributed by atoms with Gasteiger partial charge in [-0.3, -0.25) is 14.9 Å². The fourth-order valence-corrected chi connectivity index (χ4v) is 4.29. The molecule has 1 aliphatic carbocycles. The highest BCUT2D eigenvalue weighted by Gasteiger charge is 2.45. The zero-order chi connectivity index (χ0) is 23.7. The molecular weight excluding hydrogens is 446 g/mol. The number of hydrogen-bond donors (Lipinski definition) is 0. The Labute approximate surface area is 192 Å². The topological polar surface area (TPSA) is 142 Å². The van der Waals surface area contributed by atoms with Crippen LogP contribution in [0.1, 0.15) is 47.4 Å². The Morgan fingerprint density at radius 2 is 2.03 bits per heavy atom. The number of esters is 1. The molecule has 1 saturated carbocycles. The molecule has 1 fully saturated rings. The molecule has 0 radical (unpaired) electrons. The first-order chi connectivity index (χ1) is 16.5. The third kappa shape index (κ3) is 4.03. The van der Waals surface area contributed by atoms with E-state index in [1.54, 1.807) is 24.5 Å². The Kier molecular flexibility index (Phi) is 5.58. The maximum Gasteiger partial charge on any atom is 0.433 e. The number of hydrogen-bond acceptors (Lipinski definition) is 9. The number of rotatable bonds is 6. The predicted octanol–water partition coefficient (Wildman–Crippen LogP) is 4.35. The SMILES string of the molecule is O=C(OCC(=O)N1N=C2C(=Cc3ccco3)CCCC2C1c1ccco1)c1ccc([N+](=O)[O-])o1. The van der Waals surface area contributed by atoms with E-state index in [0.717, 1.165) is 42.7 Å². The number of hydrazone groups is 1. The van der Waals surface area contributed by atoms with Crippen LogP contribution in [0.3, 0.4) is 0 Å². The van der Waals surface area contributed by atoms with Crippen molar-refractivity contribution in [1.82, 2.24) is 5.01 Å². The Balaban J connectivity index is 1.37. The van der Waals surface area contributed by atoms with Crippen molar-refractivity contribution in [2.24, 2.45) is 11.0 Å². The molecule has 1 amide bonds. The summed E-state index contributed by atoms with van der Waals surface area (Å²) in [5.74, 6) is -1.33. The second-order valence-electron chi connectivity index (χ2n) is 7.84. The van der Waals surface area contributed by atoms with Gasteiger partial charge in [0, 0.05) is 5.92 Å². The second kappa shape index (κ2) is 8.85. The Bertz CT molecular complexity index is 1270. The molecule has 0 spiro atoms. The van der Waals surface area contributed by atoms with Gasteiger partial charge in [-0.15, -0.1) is 0 Å². The molecule has 3 aromatic rings. The van der Waals surface area contributed by atoms with E-state index in [1.807, 2.05) is 12.1 Å². The first kappa shape index (κ1) is 21.4. The van der Waals surface area contributed by atoms with Gasteiger partial charge in [-0.2, -0.15) is 5.10 Å². The Morgan fingerprint density at radius 1 is 1.21 bits per heavy atom. The summed E-state index contributed by atoms with van der Waals surface area (Å²) in [5, 5.41) is 16.6. The van der Waals surface area contributed by atoms with Crippen molar-refractivity contribution in [2.75, 3.05) is 6.61 Å². The highest BCUT2D eigenvalue weighted by molar-refractivity contribution is 6.08. The van der Waals surface area contributed by atoms with Crippen LogP contribution in [0.5, 0.6) is 0 Å². The molecule has 0 saturated heterocycles. The summed E-state index contributed by atoms with van der Waals surface area (Å²) < 4.78 is 20.9. The Morgan fingerprint density at radius 3 is 2.74 bits per heavy atom. The largest absolute Gasteiger partial charge is 0.467 e. The third-order valence-corrected chi connectivity index (χ3v) is 5.75. The molecule has 4 heterocycles. The van der Waals surface area contributed by atoms with Gasteiger partial charge < -0.3 is 18.0 Å². The molecule has 0 aromatic carbocycles. The van der Waals surface area contributed by atoms with Gasteiger partial charge in [-0.1, -0.05) is 0 Å². The Hall–Kier alpha value is -4.41. The molecular formula is C23H19N3O8. The van der Waals surface area contributed by atoms with Crippen molar-refractivity contribution in [1.29, 1.82) is 0 Å². The second-order valence-corrected chi connectivity index (χ2v) is 7.84. The van der Waals surface area contributed by atoms with Crippen molar-refractivity contribution < 1.29 is 32.5 Å². The maximum atomic E-state index is 13.1. The van der Waals surface area contributed by atoms with E-state index in [0.29, 0.717) is 11.5 Å². The van der Waals surface area contributed by atoms with E-state index in [4.69, 9.17) is 18.0 Å². The molecule has 0 bridgehead atoms. The first-order valence-electron chi connectivity index (χ1n) is 10.6. The fourth-order valence-electron chi connectivity index (χ4n) is 4.29. The smallest absolute Gasteiger partial charge is 0.433 e. The first-order valence-corrected chi connectivity index (χ1v) is 10.6. The highest BCUT2D eigenvalue weighted by atomic mass is 16.7. The number of ether oxygens (including phenoxy) is 1. The lowest BCUT2D eigenvalue weighted by Crippen LogP contribution is -2.34. The van der Waals surface area contributed by atoms with E-state index in [-0.39, 0.29) is 11.7 Å². The number of furan rings is 3. The number of nitro groups is 1. The molecule has 0 N–H and O–H groups in total. The van der Waals surface area contributed by atoms with Crippen molar-refractivity contribution in [3.63, 3.8) is 0 Å². The van der Waals surface area contributed by atoms with Gasteiger partial charge in [0.1, 0.15) is 22.5 Å². The van der Waals surface area contributed by atoms with Crippen LogP contribution in [0.2, 0.25) is 0 Å². The van der Waals surface area contributed by atoms with Crippen LogP contribution in [-0.4, -0.2) is 34.1 Å². The molecule has 11 nitrogen and oxygen atoms in total. The van der Waals surface area contributed by atoms with E-state index in [2.05, 4.69) is 5.10 Å². The summed E-state index contributed by atoms with van der Waals surface area (Å²) in [6.45, 7) is -0.620.